The molecular formula is C17H18FNO3S. The number of nitrogens with one attached hydrogen (secondary N) is 1. The number of sulfonamides is 1. The van der Waals surface area contributed by atoms with E-state index in [-0.39, 0.29) is 17.4 Å². The Hall–Kier alpha value is -1.92. The quantitative estimate of drug-likeness (QED) is 0.934. The third-order valence-corrected chi connectivity index (χ3v) is 5.53. The molecule has 0 aromatic heterocycles. The van der Waals surface area contributed by atoms with Crippen LogP contribution in [0.15, 0.2) is 47.4 Å². The lowest BCUT2D eigenvalue weighted by atomic mass is 9.97. The molecule has 0 spiro atoms. The molecule has 1 atom stereocenters. The van der Waals surface area contributed by atoms with Gasteiger partial charge >= 0.3 is 0 Å². The number of para-hydroxylation sites is 1. The summed E-state index contributed by atoms with van der Waals surface area (Å²) in [7, 11) is -3.66. The number of benzene rings is 2. The molecule has 3 rings (SSSR count). The zero-order chi connectivity index (χ0) is 16.4. The Morgan fingerprint density at radius 1 is 1.26 bits per heavy atom. The molecule has 0 radical (unpaired) electrons. The maximum Gasteiger partial charge on any atom is 0.240 e. The Balaban J connectivity index is 1.68. The zero-order valence-corrected chi connectivity index (χ0v) is 13.6. The average molecular weight is 335 g/mol. The Kier molecular flexibility index (Phi) is 4.37. The van der Waals surface area contributed by atoms with Crippen LogP contribution in [0.4, 0.5) is 4.39 Å². The van der Waals surface area contributed by atoms with E-state index in [2.05, 4.69) is 4.72 Å². The summed E-state index contributed by atoms with van der Waals surface area (Å²) in [4.78, 5) is 0.107. The lowest BCUT2D eigenvalue weighted by molar-refractivity contribution is 0.223. The van der Waals surface area contributed by atoms with Gasteiger partial charge in [0.2, 0.25) is 10.0 Å². The lowest BCUT2D eigenvalue weighted by Gasteiger charge is -2.25. The lowest BCUT2D eigenvalue weighted by Crippen LogP contribution is -2.35. The van der Waals surface area contributed by atoms with E-state index >= 15 is 0 Å². The van der Waals surface area contributed by atoms with Crippen LogP contribution >= 0.6 is 0 Å². The first-order valence-corrected chi connectivity index (χ1v) is 8.90. The number of hydrogen-bond acceptors (Lipinski definition) is 3. The molecule has 1 N–H and O–H groups in total. The molecule has 23 heavy (non-hydrogen) atoms. The van der Waals surface area contributed by atoms with Crippen LogP contribution in [0.3, 0.4) is 0 Å². The van der Waals surface area contributed by atoms with Crippen molar-refractivity contribution in [1.82, 2.24) is 4.72 Å². The normalized spacial score (nSPS) is 17.4. The molecule has 6 heteroatoms. The molecule has 0 saturated heterocycles. The number of hydrogen-bond donors (Lipinski definition) is 1. The molecule has 0 fully saturated rings. The van der Waals surface area contributed by atoms with Crippen LogP contribution in [0, 0.1) is 18.7 Å². The van der Waals surface area contributed by atoms with Crippen LogP contribution in [0.25, 0.3) is 0 Å². The summed E-state index contributed by atoms with van der Waals surface area (Å²) in [5.41, 5.74) is 1.48. The highest BCUT2D eigenvalue weighted by Gasteiger charge is 2.23. The highest BCUT2D eigenvalue weighted by molar-refractivity contribution is 7.89. The largest absolute Gasteiger partial charge is 0.493 e. The fraction of sp³-hybridized carbons (Fsp3) is 0.294. The number of ether oxygens (including phenoxy) is 1. The van der Waals surface area contributed by atoms with E-state index in [4.69, 9.17) is 4.74 Å². The van der Waals surface area contributed by atoms with Crippen molar-refractivity contribution in [3.63, 3.8) is 0 Å². The minimum absolute atomic E-state index is 0.0698. The fourth-order valence-corrected chi connectivity index (χ4v) is 4.08. The zero-order valence-electron chi connectivity index (χ0n) is 12.8. The van der Waals surface area contributed by atoms with Crippen molar-refractivity contribution in [1.29, 1.82) is 0 Å². The van der Waals surface area contributed by atoms with Gasteiger partial charge in [-0.05, 0) is 48.7 Å². The van der Waals surface area contributed by atoms with Crippen LogP contribution < -0.4 is 9.46 Å². The number of rotatable bonds is 4. The smallest absolute Gasteiger partial charge is 0.240 e. The topological polar surface area (TPSA) is 55.4 Å². The van der Waals surface area contributed by atoms with Crippen LogP contribution in [-0.2, 0) is 16.4 Å². The first-order chi connectivity index (χ1) is 11.0. The van der Waals surface area contributed by atoms with Crippen LogP contribution in [0.1, 0.15) is 11.1 Å². The molecule has 0 bridgehead atoms. The molecule has 4 nitrogen and oxygen atoms in total. The van der Waals surface area contributed by atoms with E-state index in [1.165, 1.54) is 12.1 Å². The second kappa shape index (κ2) is 6.29. The van der Waals surface area contributed by atoms with Gasteiger partial charge in [0.05, 0.1) is 11.5 Å². The van der Waals surface area contributed by atoms with E-state index in [1.807, 2.05) is 24.3 Å². The van der Waals surface area contributed by atoms with Crippen molar-refractivity contribution >= 4 is 10.0 Å². The second-order valence-corrected chi connectivity index (χ2v) is 7.49. The van der Waals surface area contributed by atoms with Crippen molar-refractivity contribution in [3.05, 3.63) is 59.4 Å². The Labute approximate surface area is 135 Å². The monoisotopic (exact) mass is 335 g/mol. The molecular weight excluding hydrogens is 317 g/mol. The van der Waals surface area contributed by atoms with Gasteiger partial charge in [0, 0.05) is 12.5 Å². The van der Waals surface area contributed by atoms with E-state index in [1.54, 1.807) is 6.92 Å². The van der Waals surface area contributed by atoms with Gasteiger partial charge in [-0.2, -0.15) is 0 Å². The Morgan fingerprint density at radius 2 is 2.04 bits per heavy atom. The number of aryl methyl sites for hydroxylation is 1. The first kappa shape index (κ1) is 16.0. The number of halogens is 1. The van der Waals surface area contributed by atoms with Gasteiger partial charge in [-0.15, -0.1) is 0 Å². The number of fused-ring (bicyclic) bond motifs is 1. The summed E-state index contributed by atoms with van der Waals surface area (Å²) in [6.07, 6.45) is 0.765. The van der Waals surface area contributed by atoms with Gasteiger partial charge in [-0.25, -0.2) is 17.5 Å². The SMILES string of the molecule is Cc1cc(F)ccc1S(=O)(=O)NCC1COc2ccccc2C1. The molecule has 1 unspecified atom stereocenters. The van der Waals surface area contributed by atoms with Crippen LogP contribution in [0.5, 0.6) is 5.75 Å². The van der Waals surface area contributed by atoms with Crippen molar-refractivity contribution in [2.24, 2.45) is 5.92 Å². The minimum atomic E-state index is -3.66. The summed E-state index contributed by atoms with van der Waals surface area (Å²) in [5.74, 6) is 0.486. The predicted molar refractivity (Wildman–Crippen MR) is 85.5 cm³/mol. The van der Waals surface area contributed by atoms with Crippen molar-refractivity contribution in [3.8, 4) is 5.75 Å². The standard InChI is InChI=1S/C17H18FNO3S/c1-12-8-15(18)6-7-17(12)23(20,21)19-10-13-9-14-4-2-3-5-16(14)22-11-13/h2-8,13,19H,9-11H2,1H3. The van der Waals surface area contributed by atoms with E-state index in [0.717, 1.165) is 23.8 Å². The van der Waals surface area contributed by atoms with Gasteiger partial charge in [0.15, 0.2) is 0 Å². The highest BCUT2D eigenvalue weighted by atomic mass is 32.2. The summed E-state index contributed by atoms with van der Waals surface area (Å²) in [5, 5.41) is 0. The summed E-state index contributed by atoms with van der Waals surface area (Å²) >= 11 is 0. The minimum Gasteiger partial charge on any atom is -0.493 e. The van der Waals surface area contributed by atoms with Crippen LogP contribution in [0.2, 0.25) is 0 Å². The van der Waals surface area contributed by atoms with Crippen LogP contribution in [-0.4, -0.2) is 21.6 Å². The van der Waals surface area contributed by atoms with E-state index in [9.17, 15) is 12.8 Å². The summed E-state index contributed by atoms with van der Waals surface area (Å²) in [6, 6.07) is 11.4. The summed E-state index contributed by atoms with van der Waals surface area (Å²) in [6.45, 7) is 2.34. The van der Waals surface area contributed by atoms with Gasteiger partial charge in [0.1, 0.15) is 11.6 Å². The fourth-order valence-electron chi connectivity index (χ4n) is 2.74. The van der Waals surface area contributed by atoms with E-state index < -0.39 is 15.8 Å². The van der Waals surface area contributed by atoms with Crippen molar-refractivity contribution < 1.29 is 17.5 Å². The molecule has 1 heterocycles. The molecule has 0 aliphatic carbocycles. The second-order valence-electron chi connectivity index (χ2n) is 5.75. The first-order valence-electron chi connectivity index (χ1n) is 7.42. The summed E-state index contributed by atoms with van der Waals surface area (Å²) < 4.78 is 46.1. The average Bonchev–Trinajstić information content (AvgIpc) is 2.52. The Bertz CT molecular complexity index is 820. The maximum atomic E-state index is 13.1. The third kappa shape index (κ3) is 3.54. The third-order valence-electron chi connectivity index (χ3n) is 3.94. The molecule has 1 aliphatic rings. The van der Waals surface area contributed by atoms with Gasteiger partial charge in [-0.1, -0.05) is 18.2 Å². The van der Waals surface area contributed by atoms with Crippen molar-refractivity contribution in [2.75, 3.05) is 13.2 Å². The maximum absolute atomic E-state index is 13.1. The molecule has 122 valence electrons. The molecule has 0 amide bonds. The Morgan fingerprint density at radius 3 is 2.83 bits per heavy atom. The van der Waals surface area contributed by atoms with Crippen molar-refractivity contribution in [2.45, 2.75) is 18.2 Å². The van der Waals surface area contributed by atoms with Gasteiger partial charge in [-0.3, -0.25) is 0 Å². The van der Waals surface area contributed by atoms with Gasteiger partial charge < -0.3 is 4.74 Å². The molecule has 2 aromatic rings. The highest BCUT2D eigenvalue weighted by Crippen LogP contribution is 2.26. The molecule has 0 saturated carbocycles. The van der Waals surface area contributed by atoms with E-state index in [0.29, 0.717) is 12.2 Å². The predicted octanol–water partition coefficient (Wildman–Crippen LogP) is 2.66. The molecule has 2 aromatic carbocycles. The van der Waals surface area contributed by atoms with Gasteiger partial charge in [0.25, 0.3) is 0 Å². The molecule has 1 aliphatic heterocycles.